The molecule has 2 saturated heterocycles. The smallest absolute Gasteiger partial charge is 0.227 e. The SMILES string of the molecule is C[C@@H]1C[C@H]1C(=O)N1C[C@H](C(=O)N(C)C)[C@@H](c2ccnc(N3CCCCC3)n2)C1. The number of likely N-dealkylation sites (tertiary alicyclic amines) is 1. The lowest BCUT2D eigenvalue weighted by atomic mass is 9.91. The molecule has 2 aliphatic heterocycles. The molecule has 1 saturated carbocycles. The summed E-state index contributed by atoms with van der Waals surface area (Å²) in [7, 11) is 3.57. The fourth-order valence-electron chi connectivity index (χ4n) is 4.58. The van der Waals surface area contributed by atoms with E-state index in [1.165, 1.54) is 19.3 Å². The van der Waals surface area contributed by atoms with Crippen LogP contribution in [0.3, 0.4) is 0 Å². The van der Waals surface area contributed by atoms with Crippen molar-refractivity contribution in [2.24, 2.45) is 17.8 Å². The van der Waals surface area contributed by atoms with Gasteiger partial charge in [-0.1, -0.05) is 6.92 Å². The maximum absolute atomic E-state index is 12.9. The molecule has 0 aromatic carbocycles. The molecule has 0 spiro atoms. The third-order valence-corrected chi connectivity index (χ3v) is 6.50. The second kappa shape index (κ2) is 7.68. The van der Waals surface area contributed by atoms with Crippen LogP contribution in [0.4, 0.5) is 5.95 Å². The van der Waals surface area contributed by atoms with Gasteiger partial charge in [-0.25, -0.2) is 9.97 Å². The fraction of sp³-hybridized carbons (Fsp3) is 0.714. The molecule has 1 aromatic rings. The van der Waals surface area contributed by atoms with Crippen LogP contribution >= 0.6 is 0 Å². The number of carbonyl (C=O) groups excluding carboxylic acids is 2. The minimum absolute atomic E-state index is 0.0700. The predicted octanol–water partition coefficient (Wildman–Crippen LogP) is 1.75. The molecule has 0 N–H and O–H groups in total. The highest BCUT2D eigenvalue weighted by molar-refractivity contribution is 5.85. The molecular weight excluding hydrogens is 354 g/mol. The molecule has 7 heteroatoms. The van der Waals surface area contributed by atoms with Crippen molar-refractivity contribution in [3.63, 3.8) is 0 Å². The van der Waals surface area contributed by atoms with Crippen molar-refractivity contribution in [1.82, 2.24) is 19.8 Å². The molecule has 3 aliphatic rings. The Balaban J connectivity index is 1.58. The Kier molecular flexibility index (Phi) is 5.25. The first-order chi connectivity index (χ1) is 13.5. The number of aromatic nitrogens is 2. The first-order valence-electron chi connectivity index (χ1n) is 10.5. The van der Waals surface area contributed by atoms with Gasteiger partial charge in [-0.15, -0.1) is 0 Å². The minimum Gasteiger partial charge on any atom is -0.349 e. The van der Waals surface area contributed by atoms with Crippen LogP contribution in [0.25, 0.3) is 0 Å². The number of hydrogen-bond acceptors (Lipinski definition) is 5. The molecule has 7 nitrogen and oxygen atoms in total. The number of nitrogens with zero attached hydrogens (tertiary/aromatic N) is 5. The highest BCUT2D eigenvalue weighted by atomic mass is 16.2. The van der Waals surface area contributed by atoms with Crippen molar-refractivity contribution in [1.29, 1.82) is 0 Å². The van der Waals surface area contributed by atoms with Crippen LogP contribution in [0, 0.1) is 17.8 Å². The lowest BCUT2D eigenvalue weighted by molar-refractivity contribution is -0.134. The number of hydrogen-bond donors (Lipinski definition) is 0. The average molecular weight is 386 g/mol. The van der Waals surface area contributed by atoms with Gasteiger partial charge >= 0.3 is 0 Å². The number of amides is 2. The monoisotopic (exact) mass is 385 g/mol. The van der Waals surface area contributed by atoms with Gasteiger partial charge in [0.05, 0.1) is 11.6 Å². The first-order valence-corrected chi connectivity index (χ1v) is 10.5. The van der Waals surface area contributed by atoms with E-state index in [2.05, 4.69) is 16.8 Å². The minimum atomic E-state index is -0.239. The molecule has 3 fully saturated rings. The zero-order valence-electron chi connectivity index (χ0n) is 17.2. The molecule has 1 aromatic heterocycles. The van der Waals surface area contributed by atoms with Crippen molar-refractivity contribution >= 4 is 17.8 Å². The van der Waals surface area contributed by atoms with Crippen LogP contribution in [0.15, 0.2) is 12.3 Å². The van der Waals surface area contributed by atoms with Gasteiger partial charge in [0.15, 0.2) is 0 Å². The quantitative estimate of drug-likeness (QED) is 0.790. The standard InChI is InChI=1S/C21H31N5O2/c1-14-11-15(14)20(28)26-12-16(17(13-26)19(27)24(2)3)18-7-8-22-21(23-18)25-9-5-4-6-10-25/h7-8,14-17H,4-6,9-13H2,1-3H3/t14-,15-,16+,17+/m1/s1. The second-order valence-electron chi connectivity index (χ2n) is 8.84. The summed E-state index contributed by atoms with van der Waals surface area (Å²) in [4.78, 5) is 40.8. The van der Waals surface area contributed by atoms with Gasteiger partial charge in [-0.3, -0.25) is 9.59 Å². The van der Waals surface area contributed by atoms with Crippen molar-refractivity contribution < 1.29 is 9.59 Å². The first kappa shape index (κ1) is 19.2. The van der Waals surface area contributed by atoms with E-state index >= 15 is 0 Å². The zero-order valence-corrected chi connectivity index (χ0v) is 17.2. The molecule has 4 rings (SSSR count). The summed E-state index contributed by atoms with van der Waals surface area (Å²) < 4.78 is 0. The van der Waals surface area contributed by atoms with E-state index in [-0.39, 0.29) is 29.6 Å². The van der Waals surface area contributed by atoms with Gasteiger partial charge in [0.25, 0.3) is 0 Å². The van der Waals surface area contributed by atoms with E-state index in [4.69, 9.17) is 4.98 Å². The normalized spacial score (nSPS) is 29.7. The van der Waals surface area contributed by atoms with Crippen LogP contribution in [-0.2, 0) is 9.59 Å². The molecule has 152 valence electrons. The van der Waals surface area contributed by atoms with Gasteiger partial charge < -0.3 is 14.7 Å². The summed E-state index contributed by atoms with van der Waals surface area (Å²) in [5.41, 5.74) is 0.884. The Labute approximate surface area is 167 Å². The number of carbonyl (C=O) groups is 2. The van der Waals surface area contributed by atoms with E-state index in [1.54, 1.807) is 25.2 Å². The molecule has 0 unspecified atom stereocenters. The Morgan fingerprint density at radius 3 is 2.46 bits per heavy atom. The molecule has 0 bridgehead atoms. The number of anilines is 1. The summed E-state index contributed by atoms with van der Waals surface area (Å²) >= 11 is 0. The largest absolute Gasteiger partial charge is 0.349 e. The third kappa shape index (κ3) is 3.71. The molecule has 4 atom stereocenters. The van der Waals surface area contributed by atoms with Gasteiger partial charge in [0.1, 0.15) is 0 Å². The molecule has 0 radical (unpaired) electrons. The lowest BCUT2D eigenvalue weighted by Gasteiger charge is -2.27. The van der Waals surface area contributed by atoms with Crippen molar-refractivity contribution in [3.05, 3.63) is 18.0 Å². The van der Waals surface area contributed by atoms with E-state index in [0.717, 1.165) is 31.2 Å². The van der Waals surface area contributed by atoms with Gasteiger partial charge in [-0.2, -0.15) is 0 Å². The van der Waals surface area contributed by atoms with E-state index < -0.39 is 0 Å². The molecular formula is C21H31N5O2. The summed E-state index contributed by atoms with van der Waals surface area (Å²) in [5, 5.41) is 0. The van der Waals surface area contributed by atoms with Crippen LogP contribution in [-0.4, -0.2) is 71.9 Å². The Bertz CT molecular complexity index is 746. The van der Waals surface area contributed by atoms with E-state index in [1.807, 2.05) is 11.0 Å². The van der Waals surface area contributed by atoms with Crippen molar-refractivity contribution in [2.45, 2.75) is 38.5 Å². The Morgan fingerprint density at radius 1 is 1.11 bits per heavy atom. The lowest BCUT2D eigenvalue weighted by Crippen LogP contribution is -2.35. The maximum atomic E-state index is 12.9. The van der Waals surface area contributed by atoms with Crippen LogP contribution in [0.1, 0.15) is 44.2 Å². The van der Waals surface area contributed by atoms with Crippen LogP contribution < -0.4 is 4.90 Å². The maximum Gasteiger partial charge on any atom is 0.227 e. The molecule has 3 heterocycles. The second-order valence-corrected chi connectivity index (χ2v) is 8.84. The third-order valence-electron chi connectivity index (χ3n) is 6.50. The Morgan fingerprint density at radius 2 is 1.82 bits per heavy atom. The van der Waals surface area contributed by atoms with Crippen molar-refractivity contribution in [2.75, 3.05) is 45.2 Å². The van der Waals surface area contributed by atoms with Gasteiger partial charge in [0, 0.05) is 58.3 Å². The Hall–Kier alpha value is -2.18. The molecule has 28 heavy (non-hydrogen) atoms. The summed E-state index contributed by atoms with van der Waals surface area (Å²) in [5.74, 6) is 1.34. The van der Waals surface area contributed by atoms with Crippen LogP contribution in [0.5, 0.6) is 0 Å². The predicted molar refractivity (Wildman–Crippen MR) is 107 cm³/mol. The summed E-state index contributed by atoms with van der Waals surface area (Å²) in [6, 6.07) is 1.92. The summed E-state index contributed by atoms with van der Waals surface area (Å²) in [6.07, 6.45) is 6.37. The van der Waals surface area contributed by atoms with E-state index in [9.17, 15) is 9.59 Å². The van der Waals surface area contributed by atoms with Gasteiger partial charge in [-0.05, 0) is 37.7 Å². The summed E-state index contributed by atoms with van der Waals surface area (Å²) in [6.45, 7) is 5.15. The van der Waals surface area contributed by atoms with E-state index in [0.29, 0.717) is 19.0 Å². The fourth-order valence-corrected chi connectivity index (χ4v) is 4.58. The zero-order chi connectivity index (χ0) is 19.8. The highest BCUT2D eigenvalue weighted by Gasteiger charge is 2.47. The van der Waals surface area contributed by atoms with Crippen molar-refractivity contribution in [3.8, 4) is 0 Å². The number of piperidine rings is 1. The molecule has 2 amide bonds. The average Bonchev–Trinajstić information content (AvgIpc) is 3.28. The van der Waals surface area contributed by atoms with Crippen LogP contribution in [0.2, 0.25) is 0 Å². The highest BCUT2D eigenvalue weighted by Crippen LogP contribution is 2.42. The number of rotatable bonds is 4. The van der Waals surface area contributed by atoms with Gasteiger partial charge in [0.2, 0.25) is 17.8 Å². The molecule has 1 aliphatic carbocycles. The topological polar surface area (TPSA) is 69.6 Å².